The molecule has 0 fully saturated rings. The molecule has 1 aliphatic rings. The first-order valence-corrected chi connectivity index (χ1v) is 5.15. The van der Waals surface area contributed by atoms with Gasteiger partial charge in [0, 0.05) is 17.0 Å². The summed E-state index contributed by atoms with van der Waals surface area (Å²) in [5.74, 6) is -1.15. The highest BCUT2D eigenvalue weighted by atomic mass is 16.3. The second-order valence-electron chi connectivity index (χ2n) is 4.12. The van der Waals surface area contributed by atoms with Crippen molar-refractivity contribution >= 4 is 17.3 Å². The number of hydrogen-bond acceptors (Lipinski definition) is 3. The predicted molar refractivity (Wildman–Crippen MR) is 60.2 cm³/mol. The van der Waals surface area contributed by atoms with Gasteiger partial charge in [0.25, 0.3) is 0 Å². The number of fused-ring (bicyclic) bond motifs is 1. The van der Waals surface area contributed by atoms with Crippen LogP contribution in [-0.2, 0) is 4.79 Å². The Morgan fingerprint density at radius 2 is 1.75 bits per heavy atom. The summed E-state index contributed by atoms with van der Waals surface area (Å²) in [6.45, 7) is 3.41. The zero-order chi connectivity index (χ0) is 11.9. The molecule has 3 nitrogen and oxygen atoms in total. The van der Waals surface area contributed by atoms with Crippen LogP contribution in [0.4, 0.5) is 0 Å². The molecule has 0 atom stereocenters. The Hall–Kier alpha value is -1.90. The van der Waals surface area contributed by atoms with Crippen LogP contribution in [0.15, 0.2) is 29.8 Å². The number of benzene rings is 1. The second-order valence-corrected chi connectivity index (χ2v) is 4.12. The fourth-order valence-corrected chi connectivity index (χ4v) is 1.78. The Morgan fingerprint density at radius 1 is 1.19 bits per heavy atom. The van der Waals surface area contributed by atoms with Gasteiger partial charge in [-0.2, -0.15) is 0 Å². The molecule has 1 aromatic carbocycles. The van der Waals surface area contributed by atoms with Crippen molar-refractivity contribution in [3.63, 3.8) is 0 Å². The highest BCUT2D eigenvalue weighted by Crippen LogP contribution is 2.32. The molecule has 0 heterocycles. The van der Waals surface area contributed by atoms with Crippen LogP contribution in [0, 0.1) is 5.92 Å². The largest absolute Gasteiger partial charge is 0.506 e. The third-order valence-electron chi connectivity index (χ3n) is 2.66. The quantitative estimate of drug-likeness (QED) is 0.772. The van der Waals surface area contributed by atoms with E-state index in [9.17, 15) is 14.7 Å². The molecule has 0 bridgehead atoms. The molecule has 1 N–H and O–H groups in total. The predicted octanol–water partition coefficient (Wildman–Crippen LogP) is 2.38. The number of aliphatic hydroxyl groups is 1. The summed E-state index contributed by atoms with van der Waals surface area (Å²) in [4.78, 5) is 23.7. The highest BCUT2D eigenvalue weighted by Gasteiger charge is 2.34. The van der Waals surface area contributed by atoms with Crippen LogP contribution in [0.1, 0.15) is 29.8 Å². The molecule has 0 saturated carbocycles. The van der Waals surface area contributed by atoms with Crippen molar-refractivity contribution in [2.24, 2.45) is 5.92 Å². The minimum atomic E-state index is -0.369. The van der Waals surface area contributed by atoms with E-state index in [4.69, 9.17) is 0 Å². The van der Waals surface area contributed by atoms with Gasteiger partial charge in [0.15, 0.2) is 5.78 Å². The molecule has 0 saturated heterocycles. The van der Waals surface area contributed by atoms with Crippen LogP contribution in [0.2, 0.25) is 0 Å². The molecule has 0 spiro atoms. The third kappa shape index (κ3) is 1.36. The molecule has 0 amide bonds. The zero-order valence-electron chi connectivity index (χ0n) is 9.15. The van der Waals surface area contributed by atoms with Gasteiger partial charge >= 0.3 is 0 Å². The Morgan fingerprint density at radius 3 is 2.25 bits per heavy atom. The van der Waals surface area contributed by atoms with Crippen LogP contribution in [0.5, 0.6) is 0 Å². The maximum atomic E-state index is 11.9. The van der Waals surface area contributed by atoms with Crippen LogP contribution in [-0.4, -0.2) is 16.7 Å². The van der Waals surface area contributed by atoms with Gasteiger partial charge in [0.05, 0.1) is 0 Å². The van der Waals surface area contributed by atoms with E-state index in [-0.39, 0.29) is 28.8 Å². The zero-order valence-corrected chi connectivity index (χ0v) is 9.15. The monoisotopic (exact) mass is 216 g/mol. The number of aliphatic hydroxyl groups excluding tert-OH is 1. The lowest BCUT2D eigenvalue weighted by molar-refractivity contribution is -0.117. The lowest BCUT2D eigenvalue weighted by Gasteiger charge is -2.03. The van der Waals surface area contributed by atoms with E-state index in [0.29, 0.717) is 11.1 Å². The van der Waals surface area contributed by atoms with Crippen LogP contribution in [0.3, 0.4) is 0 Å². The Balaban J connectivity index is 2.57. The molecule has 3 heteroatoms. The molecule has 82 valence electrons. The third-order valence-corrected chi connectivity index (χ3v) is 2.66. The molecule has 1 aromatic rings. The van der Waals surface area contributed by atoms with Gasteiger partial charge < -0.3 is 5.11 Å². The first-order valence-electron chi connectivity index (χ1n) is 5.15. The summed E-state index contributed by atoms with van der Waals surface area (Å²) in [7, 11) is 0. The summed E-state index contributed by atoms with van der Waals surface area (Å²) in [5.41, 5.74) is 0.789. The van der Waals surface area contributed by atoms with Crippen molar-refractivity contribution in [3.05, 3.63) is 41.0 Å². The van der Waals surface area contributed by atoms with Gasteiger partial charge in [-0.1, -0.05) is 38.1 Å². The van der Waals surface area contributed by atoms with E-state index in [1.165, 1.54) is 0 Å². The van der Waals surface area contributed by atoms with E-state index < -0.39 is 0 Å². The molecule has 0 aliphatic heterocycles. The number of carbonyl (C=O) groups is 2. The SMILES string of the molecule is CC(C)C(=O)C1=C(O)c2ccccc2C1=O. The average molecular weight is 216 g/mol. The Bertz CT molecular complexity index is 510. The van der Waals surface area contributed by atoms with Gasteiger partial charge in [-0.05, 0) is 0 Å². The molecule has 16 heavy (non-hydrogen) atoms. The number of hydrogen-bond donors (Lipinski definition) is 1. The van der Waals surface area contributed by atoms with E-state index >= 15 is 0 Å². The lowest BCUT2D eigenvalue weighted by Crippen LogP contribution is -2.16. The molecule has 0 unspecified atom stereocenters. The fourth-order valence-electron chi connectivity index (χ4n) is 1.78. The molecular weight excluding hydrogens is 204 g/mol. The van der Waals surface area contributed by atoms with E-state index in [0.717, 1.165) is 0 Å². The van der Waals surface area contributed by atoms with Gasteiger partial charge in [0.2, 0.25) is 5.78 Å². The van der Waals surface area contributed by atoms with E-state index in [1.807, 2.05) is 0 Å². The molecule has 0 radical (unpaired) electrons. The minimum absolute atomic E-state index is 0.0730. The van der Waals surface area contributed by atoms with E-state index in [2.05, 4.69) is 0 Å². The van der Waals surface area contributed by atoms with Crippen molar-refractivity contribution in [2.75, 3.05) is 0 Å². The van der Waals surface area contributed by atoms with Crippen molar-refractivity contribution in [2.45, 2.75) is 13.8 Å². The summed E-state index contributed by atoms with van der Waals surface area (Å²) >= 11 is 0. The van der Waals surface area contributed by atoms with Gasteiger partial charge in [-0.3, -0.25) is 9.59 Å². The first kappa shape index (κ1) is 10.6. The summed E-state index contributed by atoms with van der Waals surface area (Å²) in [6.07, 6.45) is 0. The normalized spacial score (nSPS) is 14.6. The lowest BCUT2D eigenvalue weighted by atomic mass is 9.98. The van der Waals surface area contributed by atoms with Gasteiger partial charge in [0.1, 0.15) is 11.3 Å². The topological polar surface area (TPSA) is 54.4 Å². The number of Topliss-reactive ketones (excluding diaryl/α,β-unsaturated/α-hetero) is 2. The highest BCUT2D eigenvalue weighted by molar-refractivity contribution is 6.34. The average Bonchev–Trinajstić information content (AvgIpc) is 2.52. The van der Waals surface area contributed by atoms with Crippen LogP contribution >= 0.6 is 0 Å². The number of allylic oxidation sites excluding steroid dienone is 1. The van der Waals surface area contributed by atoms with Crippen molar-refractivity contribution in [1.29, 1.82) is 0 Å². The maximum absolute atomic E-state index is 11.9. The molecular formula is C13H12O3. The Kier molecular flexibility index (Phi) is 2.38. The van der Waals surface area contributed by atoms with Crippen LogP contribution in [0.25, 0.3) is 5.76 Å². The van der Waals surface area contributed by atoms with Gasteiger partial charge in [-0.25, -0.2) is 0 Å². The first-order chi connectivity index (χ1) is 7.54. The summed E-state index contributed by atoms with van der Waals surface area (Å²) < 4.78 is 0. The van der Waals surface area contributed by atoms with E-state index in [1.54, 1.807) is 38.1 Å². The molecule has 2 rings (SSSR count). The maximum Gasteiger partial charge on any atom is 0.201 e. The fraction of sp³-hybridized carbons (Fsp3) is 0.231. The van der Waals surface area contributed by atoms with Gasteiger partial charge in [-0.15, -0.1) is 0 Å². The second kappa shape index (κ2) is 3.59. The molecule has 1 aliphatic carbocycles. The molecule has 0 aromatic heterocycles. The standard InChI is InChI=1S/C13H12O3/c1-7(2)11(14)10-12(15)8-5-3-4-6-9(8)13(10)16/h3-7,15H,1-2H3. The number of ketones is 2. The minimum Gasteiger partial charge on any atom is -0.506 e. The summed E-state index contributed by atoms with van der Waals surface area (Å²) in [6, 6.07) is 6.70. The number of carbonyl (C=O) groups excluding carboxylic acids is 2. The summed E-state index contributed by atoms with van der Waals surface area (Å²) in [5, 5.41) is 9.87. The van der Waals surface area contributed by atoms with Crippen molar-refractivity contribution < 1.29 is 14.7 Å². The smallest absolute Gasteiger partial charge is 0.201 e. The Labute approximate surface area is 93.4 Å². The number of rotatable bonds is 2. The van der Waals surface area contributed by atoms with Crippen molar-refractivity contribution in [3.8, 4) is 0 Å². The van der Waals surface area contributed by atoms with Crippen molar-refractivity contribution in [1.82, 2.24) is 0 Å². The van der Waals surface area contributed by atoms with Crippen LogP contribution < -0.4 is 0 Å².